The minimum absolute atomic E-state index is 0.231. The van der Waals surface area contributed by atoms with E-state index in [0.29, 0.717) is 22.6 Å². The number of halogens is 1. The molecule has 0 aliphatic carbocycles. The van der Waals surface area contributed by atoms with E-state index in [1.165, 1.54) is 10.4 Å². The van der Waals surface area contributed by atoms with Crippen LogP contribution in [0.5, 0.6) is 0 Å². The quantitative estimate of drug-likeness (QED) is 0.842. The summed E-state index contributed by atoms with van der Waals surface area (Å²) in [7, 11) is -1.85. The van der Waals surface area contributed by atoms with Crippen LogP contribution in [0.4, 0.5) is 5.69 Å². The molecule has 0 saturated carbocycles. The minimum Gasteiger partial charge on any atom is -0.398 e. The molecule has 4 nitrogen and oxygen atoms in total. The molecule has 0 aliphatic heterocycles. The van der Waals surface area contributed by atoms with Crippen LogP contribution >= 0.6 is 15.9 Å². The Labute approximate surface area is 117 Å². The first-order valence-corrected chi connectivity index (χ1v) is 8.03. The molecule has 1 aromatic carbocycles. The molecule has 0 radical (unpaired) electrons. The van der Waals surface area contributed by atoms with Crippen LogP contribution in [0.1, 0.15) is 20.3 Å². The predicted octanol–water partition coefficient (Wildman–Crippen LogP) is 2.70. The summed E-state index contributed by atoms with van der Waals surface area (Å²) in [6.45, 7) is 4.58. The van der Waals surface area contributed by atoms with Crippen molar-refractivity contribution in [2.45, 2.75) is 25.2 Å². The zero-order valence-electron chi connectivity index (χ0n) is 10.9. The molecular weight excluding hydrogens is 316 g/mol. The van der Waals surface area contributed by atoms with E-state index in [1.54, 1.807) is 19.2 Å². The van der Waals surface area contributed by atoms with Gasteiger partial charge >= 0.3 is 0 Å². The minimum atomic E-state index is -3.45. The number of nitrogen functional groups attached to an aromatic ring is 1. The van der Waals surface area contributed by atoms with Gasteiger partial charge in [0.2, 0.25) is 10.0 Å². The van der Waals surface area contributed by atoms with Crippen LogP contribution in [0.2, 0.25) is 0 Å². The first-order valence-electron chi connectivity index (χ1n) is 5.80. The topological polar surface area (TPSA) is 63.4 Å². The summed E-state index contributed by atoms with van der Waals surface area (Å²) in [6, 6.07) is 4.69. The van der Waals surface area contributed by atoms with E-state index in [9.17, 15) is 8.42 Å². The van der Waals surface area contributed by atoms with Gasteiger partial charge in [0.1, 0.15) is 0 Å². The van der Waals surface area contributed by atoms with Crippen LogP contribution < -0.4 is 5.73 Å². The van der Waals surface area contributed by atoms with Crippen LogP contribution in [-0.2, 0) is 10.0 Å². The fraction of sp³-hybridized carbons (Fsp3) is 0.500. The lowest BCUT2D eigenvalue weighted by Crippen LogP contribution is -2.31. The van der Waals surface area contributed by atoms with Crippen LogP contribution in [0, 0.1) is 5.92 Å². The average molecular weight is 335 g/mol. The molecule has 2 N–H and O–H groups in total. The highest BCUT2D eigenvalue weighted by Gasteiger charge is 2.22. The Hall–Kier alpha value is -0.590. The fourth-order valence-electron chi connectivity index (χ4n) is 1.53. The molecule has 0 fully saturated rings. The van der Waals surface area contributed by atoms with Crippen molar-refractivity contribution >= 4 is 31.6 Å². The molecule has 18 heavy (non-hydrogen) atoms. The van der Waals surface area contributed by atoms with Gasteiger partial charge in [0.05, 0.1) is 4.90 Å². The molecule has 6 heteroatoms. The van der Waals surface area contributed by atoms with E-state index < -0.39 is 10.0 Å². The van der Waals surface area contributed by atoms with Crippen molar-refractivity contribution in [2.24, 2.45) is 5.92 Å². The van der Waals surface area contributed by atoms with Crippen LogP contribution in [-0.4, -0.2) is 26.3 Å². The summed E-state index contributed by atoms with van der Waals surface area (Å²) >= 11 is 3.25. The van der Waals surface area contributed by atoms with E-state index in [-0.39, 0.29) is 4.90 Å². The second kappa shape index (κ2) is 6.04. The molecule has 0 spiro atoms. The Morgan fingerprint density at radius 2 is 2.06 bits per heavy atom. The molecule has 0 amide bonds. The van der Waals surface area contributed by atoms with Gasteiger partial charge in [-0.2, -0.15) is 0 Å². The summed E-state index contributed by atoms with van der Waals surface area (Å²) in [4.78, 5) is 0.231. The number of sulfonamides is 1. The maximum atomic E-state index is 12.3. The highest BCUT2D eigenvalue weighted by molar-refractivity contribution is 9.10. The molecule has 0 bridgehead atoms. The lowest BCUT2D eigenvalue weighted by Gasteiger charge is -2.20. The Kier molecular flexibility index (Phi) is 5.19. The predicted molar refractivity (Wildman–Crippen MR) is 77.8 cm³/mol. The summed E-state index contributed by atoms with van der Waals surface area (Å²) in [5.74, 6) is 0.331. The lowest BCUT2D eigenvalue weighted by molar-refractivity contribution is 0.393. The number of benzene rings is 1. The van der Waals surface area contributed by atoms with Gasteiger partial charge in [-0.05, 0) is 40.0 Å². The Morgan fingerprint density at radius 3 is 2.56 bits per heavy atom. The van der Waals surface area contributed by atoms with Crippen molar-refractivity contribution in [2.75, 3.05) is 19.3 Å². The summed E-state index contributed by atoms with van der Waals surface area (Å²) < 4.78 is 26.7. The molecule has 1 atom stereocenters. The van der Waals surface area contributed by atoms with Crippen molar-refractivity contribution in [3.63, 3.8) is 0 Å². The van der Waals surface area contributed by atoms with Gasteiger partial charge in [0.25, 0.3) is 0 Å². The molecule has 0 saturated heterocycles. The smallest absolute Gasteiger partial charge is 0.242 e. The van der Waals surface area contributed by atoms with Crippen molar-refractivity contribution in [1.29, 1.82) is 0 Å². The van der Waals surface area contributed by atoms with Crippen molar-refractivity contribution in [3.05, 3.63) is 22.7 Å². The first-order chi connectivity index (χ1) is 8.28. The third-order valence-corrected chi connectivity index (χ3v) is 5.48. The normalized spacial score (nSPS) is 13.8. The third-order valence-electron chi connectivity index (χ3n) is 2.94. The van der Waals surface area contributed by atoms with Gasteiger partial charge in [-0.3, -0.25) is 0 Å². The Morgan fingerprint density at radius 1 is 1.44 bits per heavy atom. The lowest BCUT2D eigenvalue weighted by atomic mass is 10.1. The SMILES string of the molecule is CCC(C)CN(C)S(=O)(=O)c1ccc(Br)c(N)c1. The van der Waals surface area contributed by atoms with Gasteiger partial charge < -0.3 is 5.73 Å². The highest BCUT2D eigenvalue weighted by atomic mass is 79.9. The van der Waals surface area contributed by atoms with Crippen molar-refractivity contribution in [3.8, 4) is 0 Å². The summed E-state index contributed by atoms with van der Waals surface area (Å²) in [6.07, 6.45) is 0.947. The van der Waals surface area contributed by atoms with Gasteiger partial charge in [-0.25, -0.2) is 12.7 Å². The number of rotatable bonds is 5. The van der Waals surface area contributed by atoms with E-state index in [1.807, 2.05) is 13.8 Å². The Balaban J connectivity index is 3.02. The second-order valence-electron chi connectivity index (χ2n) is 4.48. The van der Waals surface area contributed by atoms with Crippen molar-refractivity contribution in [1.82, 2.24) is 4.31 Å². The molecule has 102 valence electrons. The average Bonchev–Trinajstić information content (AvgIpc) is 2.32. The van der Waals surface area contributed by atoms with E-state index in [2.05, 4.69) is 15.9 Å². The molecule has 0 aromatic heterocycles. The largest absolute Gasteiger partial charge is 0.398 e. The zero-order chi connectivity index (χ0) is 13.9. The number of anilines is 1. The van der Waals surface area contributed by atoms with Gasteiger partial charge in [-0.1, -0.05) is 20.3 Å². The molecule has 1 aromatic rings. The molecule has 1 rings (SSSR count). The number of nitrogens with zero attached hydrogens (tertiary/aromatic N) is 1. The van der Waals surface area contributed by atoms with Crippen LogP contribution in [0.3, 0.4) is 0 Å². The van der Waals surface area contributed by atoms with Gasteiger partial charge in [0.15, 0.2) is 0 Å². The number of hydrogen-bond acceptors (Lipinski definition) is 3. The molecular formula is C12H19BrN2O2S. The number of hydrogen-bond donors (Lipinski definition) is 1. The van der Waals surface area contributed by atoms with Crippen LogP contribution in [0.15, 0.2) is 27.6 Å². The maximum absolute atomic E-state index is 12.3. The van der Waals surface area contributed by atoms with Crippen molar-refractivity contribution < 1.29 is 8.42 Å². The number of nitrogens with two attached hydrogens (primary N) is 1. The molecule has 0 heterocycles. The van der Waals surface area contributed by atoms with Crippen LogP contribution in [0.25, 0.3) is 0 Å². The van der Waals surface area contributed by atoms with E-state index >= 15 is 0 Å². The van der Waals surface area contributed by atoms with Gasteiger partial charge in [-0.15, -0.1) is 0 Å². The standard InChI is InChI=1S/C12H19BrN2O2S/c1-4-9(2)8-15(3)18(16,17)10-5-6-11(13)12(14)7-10/h5-7,9H,4,8,14H2,1-3H3. The van der Waals surface area contributed by atoms with E-state index in [4.69, 9.17) is 5.73 Å². The second-order valence-corrected chi connectivity index (χ2v) is 7.38. The highest BCUT2D eigenvalue weighted by Crippen LogP contribution is 2.24. The van der Waals surface area contributed by atoms with Gasteiger partial charge in [0, 0.05) is 23.8 Å². The molecule has 1 unspecified atom stereocenters. The summed E-state index contributed by atoms with van der Waals surface area (Å²) in [5.41, 5.74) is 6.14. The fourth-order valence-corrected chi connectivity index (χ4v) is 3.10. The zero-order valence-corrected chi connectivity index (χ0v) is 13.3. The summed E-state index contributed by atoms with van der Waals surface area (Å²) in [5, 5.41) is 0. The molecule has 0 aliphatic rings. The first kappa shape index (κ1) is 15.5. The third kappa shape index (κ3) is 3.46. The Bertz CT molecular complexity index is 517. The maximum Gasteiger partial charge on any atom is 0.242 e. The van der Waals surface area contributed by atoms with E-state index in [0.717, 1.165) is 6.42 Å². The monoisotopic (exact) mass is 334 g/mol.